The van der Waals surface area contributed by atoms with Crippen LogP contribution >= 0.6 is 18.7 Å². The lowest BCUT2D eigenvalue weighted by Gasteiger charge is -2.37. The van der Waals surface area contributed by atoms with Crippen LogP contribution in [0, 0.1) is 11.8 Å². The summed E-state index contributed by atoms with van der Waals surface area (Å²) in [5.41, 5.74) is 2.57. The van der Waals surface area contributed by atoms with Crippen LogP contribution < -0.4 is 36.6 Å². The Hall–Kier alpha value is -2.99. The van der Waals surface area contributed by atoms with E-state index in [4.69, 9.17) is 16.3 Å². The summed E-state index contributed by atoms with van der Waals surface area (Å²) in [6, 6.07) is 11.1. The molecule has 3 atom stereocenters. The summed E-state index contributed by atoms with van der Waals surface area (Å²) in [4.78, 5) is 14.2. The minimum atomic E-state index is -2.50. The quantitative estimate of drug-likeness (QED) is 0.128. The van der Waals surface area contributed by atoms with Gasteiger partial charge in [0.2, 0.25) is 5.91 Å². The van der Waals surface area contributed by atoms with E-state index in [0.717, 1.165) is 17.5 Å². The molecule has 3 unspecified atom stereocenters. The van der Waals surface area contributed by atoms with E-state index in [1.54, 1.807) is 32.6 Å². The van der Waals surface area contributed by atoms with Gasteiger partial charge in [-0.1, -0.05) is 37.5 Å². The van der Waals surface area contributed by atoms with E-state index in [1.165, 1.54) is 6.08 Å². The molecule has 11 heteroatoms. The third-order valence-corrected chi connectivity index (χ3v) is 8.17. The van der Waals surface area contributed by atoms with E-state index < -0.39 is 13.4 Å². The van der Waals surface area contributed by atoms with Gasteiger partial charge in [0.25, 0.3) is 0 Å². The molecule has 1 fully saturated rings. The highest BCUT2D eigenvalue weighted by Gasteiger charge is 2.30. The lowest BCUT2D eigenvalue weighted by Crippen LogP contribution is -2.64. The highest BCUT2D eigenvalue weighted by Crippen LogP contribution is 2.38. The van der Waals surface area contributed by atoms with Crippen LogP contribution in [0.3, 0.4) is 0 Å². The van der Waals surface area contributed by atoms with Crippen molar-refractivity contribution in [2.75, 3.05) is 63.1 Å². The monoisotopic (exact) mass is 572 g/mol. The molecule has 9 nitrogen and oxygen atoms in total. The number of halogens is 1. The standard InChI is InChI=1S/C28H38ClN6O3P/c1-7-26(36)31-22-17-23(24(38-4)16-19(22)12-11-15-35(3)8-2)33-28-30-18-20(29)27(34-28)32-21-13-9-10-14-25(21)39(5,6)37/h7,9-10,13-14,16-17,20,27-28,30,32-34H,1,8,15,18H2,2-6H3,(H,31,36). The molecule has 0 aliphatic carbocycles. The molecule has 5 N–H and O–H groups in total. The van der Waals surface area contributed by atoms with Gasteiger partial charge in [-0.05, 0) is 51.2 Å². The van der Waals surface area contributed by atoms with Crippen LogP contribution in [0.5, 0.6) is 5.75 Å². The molecule has 1 aliphatic heterocycles. The zero-order valence-electron chi connectivity index (χ0n) is 23.1. The largest absolute Gasteiger partial charge is 0.495 e. The second kappa shape index (κ2) is 13.9. The number of alkyl halides is 1. The van der Waals surface area contributed by atoms with Crippen LogP contribution in [0.4, 0.5) is 17.1 Å². The number of anilines is 3. The van der Waals surface area contributed by atoms with Crippen molar-refractivity contribution in [3.63, 3.8) is 0 Å². The molecule has 2 aromatic rings. The minimum absolute atomic E-state index is 0.285. The van der Waals surface area contributed by atoms with Gasteiger partial charge in [0.05, 0.1) is 42.1 Å². The zero-order chi connectivity index (χ0) is 28.6. The van der Waals surface area contributed by atoms with Gasteiger partial charge in [0, 0.05) is 23.6 Å². The highest BCUT2D eigenvalue weighted by molar-refractivity contribution is 7.70. The van der Waals surface area contributed by atoms with Crippen LogP contribution in [0.15, 0.2) is 49.1 Å². The van der Waals surface area contributed by atoms with E-state index >= 15 is 0 Å². The normalized spacial score (nSPS) is 19.0. The second-order valence-electron chi connectivity index (χ2n) is 9.58. The number of carbonyl (C=O) groups is 1. The summed E-state index contributed by atoms with van der Waals surface area (Å²) < 4.78 is 18.5. The maximum atomic E-state index is 12.8. The molecule has 0 bridgehead atoms. The van der Waals surface area contributed by atoms with Crippen molar-refractivity contribution in [1.29, 1.82) is 0 Å². The summed E-state index contributed by atoms with van der Waals surface area (Å²) in [5.74, 6) is 6.50. The van der Waals surface area contributed by atoms with Gasteiger partial charge in [-0.3, -0.25) is 20.3 Å². The number of nitrogens with one attached hydrogen (secondary N) is 5. The number of amides is 1. The number of ether oxygens (including phenoxy) is 1. The fourth-order valence-corrected chi connectivity index (χ4v) is 5.33. The number of rotatable bonds is 10. The molecule has 0 spiro atoms. The van der Waals surface area contributed by atoms with Crippen LogP contribution in [-0.2, 0) is 9.36 Å². The van der Waals surface area contributed by atoms with Gasteiger partial charge in [-0.15, -0.1) is 11.6 Å². The number of hydrogen-bond acceptors (Lipinski definition) is 8. The van der Waals surface area contributed by atoms with Gasteiger partial charge in [0.1, 0.15) is 19.2 Å². The highest BCUT2D eigenvalue weighted by atomic mass is 35.5. The maximum absolute atomic E-state index is 12.8. The Morgan fingerprint density at radius 3 is 2.67 bits per heavy atom. The molecule has 1 saturated heterocycles. The SMILES string of the molecule is C=CC(=O)Nc1cc(NC2NCC(Cl)C(Nc3ccccc3P(C)(C)=O)N2)c(OC)cc1C#CCN(C)CC. The van der Waals surface area contributed by atoms with Gasteiger partial charge < -0.3 is 25.3 Å². The number of hydrogen-bond donors (Lipinski definition) is 5. The Balaban J connectivity index is 1.85. The van der Waals surface area contributed by atoms with Crippen molar-refractivity contribution in [2.45, 2.75) is 24.8 Å². The average Bonchev–Trinajstić information content (AvgIpc) is 2.91. The third-order valence-electron chi connectivity index (χ3n) is 6.21. The van der Waals surface area contributed by atoms with Crippen LogP contribution in [0.2, 0.25) is 0 Å². The second-order valence-corrected chi connectivity index (χ2v) is 13.3. The summed E-state index contributed by atoms with van der Waals surface area (Å²) in [6.45, 7) is 11.1. The van der Waals surface area contributed by atoms with Gasteiger partial charge >= 0.3 is 0 Å². The molecule has 1 heterocycles. The number of benzene rings is 2. The topological polar surface area (TPSA) is 107 Å². The van der Waals surface area contributed by atoms with Crippen molar-refractivity contribution < 1.29 is 14.1 Å². The van der Waals surface area contributed by atoms with Crippen molar-refractivity contribution in [3.8, 4) is 17.6 Å². The Labute approximate surface area is 236 Å². The molecule has 0 saturated carbocycles. The first-order valence-corrected chi connectivity index (χ1v) is 15.7. The maximum Gasteiger partial charge on any atom is 0.247 e. The molecule has 0 aromatic heterocycles. The number of methoxy groups -OCH3 is 1. The molecule has 1 aliphatic rings. The van der Waals surface area contributed by atoms with E-state index in [2.05, 4.69) is 56.8 Å². The van der Waals surface area contributed by atoms with E-state index in [1.807, 2.05) is 31.3 Å². The minimum Gasteiger partial charge on any atom is -0.495 e. The predicted molar refractivity (Wildman–Crippen MR) is 163 cm³/mol. The van der Waals surface area contributed by atoms with Crippen LogP contribution in [0.25, 0.3) is 0 Å². The molecule has 3 rings (SSSR count). The molecular weight excluding hydrogens is 535 g/mol. The first-order valence-electron chi connectivity index (χ1n) is 12.7. The van der Waals surface area contributed by atoms with Gasteiger partial charge in [0.15, 0.2) is 0 Å². The fraction of sp³-hybridized carbons (Fsp3) is 0.393. The lowest BCUT2D eigenvalue weighted by atomic mass is 10.1. The average molecular weight is 573 g/mol. The van der Waals surface area contributed by atoms with Crippen molar-refractivity contribution in [1.82, 2.24) is 15.5 Å². The fourth-order valence-electron chi connectivity index (χ4n) is 3.94. The molecule has 2 aromatic carbocycles. The van der Waals surface area contributed by atoms with E-state index in [-0.39, 0.29) is 17.5 Å². The smallest absolute Gasteiger partial charge is 0.247 e. The molecule has 39 heavy (non-hydrogen) atoms. The summed E-state index contributed by atoms with van der Waals surface area (Å²) in [7, 11) is 1.07. The summed E-state index contributed by atoms with van der Waals surface area (Å²) in [6.07, 6.45) is 0.487. The molecule has 210 valence electrons. The Kier molecular flexibility index (Phi) is 10.9. The number of carbonyl (C=O) groups excluding carboxylic acids is 1. The van der Waals surface area contributed by atoms with Crippen LogP contribution in [-0.4, -0.2) is 75.8 Å². The first kappa shape index (κ1) is 30.6. The van der Waals surface area contributed by atoms with Gasteiger partial charge in [-0.25, -0.2) is 0 Å². The summed E-state index contributed by atoms with van der Waals surface area (Å²) >= 11 is 6.64. The summed E-state index contributed by atoms with van der Waals surface area (Å²) in [5, 5.41) is 16.9. The van der Waals surface area contributed by atoms with Crippen molar-refractivity contribution in [2.24, 2.45) is 0 Å². The molecular formula is C28H38ClN6O3P. The predicted octanol–water partition coefficient (Wildman–Crippen LogP) is 3.30. The lowest BCUT2D eigenvalue weighted by molar-refractivity contribution is -0.111. The van der Waals surface area contributed by atoms with Gasteiger partial charge in [-0.2, -0.15) is 0 Å². The number of nitrogens with zero attached hydrogens (tertiary/aromatic N) is 1. The number of para-hydroxylation sites is 1. The van der Waals surface area contributed by atoms with Crippen molar-refractivity contribution >= 4 is 47.0 Å². The molecule has 0 radical (unpaired) electrons. The zero-order valence-corrected chi connectivity index (χ0v) is 24.7. The Morgan fingerprint density at radius 1 is 1.26 bits per heavy atom. The first-order chi connectivity index (χ1) is 18.5. The molecule has 1 amide bonds. The Morgan fingerprint density at radius 2 is 2.00 bits per heavy atom. The van der Waals surface area contributed by atoms with Crippen molar-refractivity contribution in [3.05, 3.63) is 54.6 Å². The van der Waals surface area contributed by atoms with E-state index in [9.17, 15) is 9.36 Å². The van der Waals surface area contributed by atoms with Crippen LogP contribution in [0.1, 0.15) is 12.5 Å². The Bertz CT molecular complexity index is 1290. The third kappa shape index (κ3) is 8.50. The van der Waals surface area contributed by atoms with E-state index in [0.29, 0.717) is 35.8 Å².